The molecule has 0 saturated carbocycles. The lowest BCUT2D eigenvalue weighted by Crippen LogP contribution is -2.36. The second kappa shape index (κ2) is 10.9. The zero-order chi connectivity index (χ0) is 24.0. The van der Waals surface area contributed by atoms with Gasteiger partial charge in [0.05, 0.1) is 12.7 Å². The highest BCUT2D eigenvalue weighted by molar-refractivity contribution is 7.53. The summed E-state index contributed by atoms with van der Waals surface area (Å²) in [5, 5.41) is 11.5. The van der Waals surface area contributed by atoms with E-state index in [1.54, 1.807) is 51.1 Å². The van der Waals surface area contributed by atoms with Gasteiger partial charge in [-0.3, -0.25) is 23.7 Å². The number of carbonyl (C=O) groups excluding carboxylic acids is 1. The second-order valence-electron chi connectivity index (χ2n) is 7.46. The van der Waals surface area contributed by atoms with Gasteiger partial charge in [0.25, 0.3) is 5.56 Å². The zero-order valence-corrected chi connectivity index (χ0v) is 19.3. The molecular formula is C20H27N4O8P. The molecule has 2 aromatic rings. The van der Waals surface area contributed by atoms with Gasteiger partial charge in [-0.15, -0.1) is 0 Å². The van der Waals surface area contributed by atoms with E-state index < -0.39 is 43.4 Å². The van der Waals surface area contributed by atoms with Crippen molar-refractivity contribution in [2.45, 2.75) is 45.4 Å². The van der Waals surface area contributed by atoms with Crippen molar-refractivity contribution in [3.8, 4) is 5.75 Å². The van der Waals surface area contributed by atoms with Gasteiger partial charge in [-0.1, -0.05) is 18.2 Å². The highest BCUT2D eigenvalue weighted by atomic mass is 31.2. The summed E-state index contributed by atoms with van der Waals surface area (Å²) >= 11 is 0. The third-order valence-corrected chi connectivity index (χ3v) is 6.04. The summed E-state index contributed by atoms with van der Waals surface area (Å²) in [5.74, 6) is -0.170. The number of benzene rings is 1. The van der Waals surface area contributed by atoms with E-state index in [0.29, 0.717) is 5.75 Å². The van der Waals surface area contributed by atoms with Crippen molar-refractivity contribution in [1.82, 2.24) is 14.6 Å². The normalized spacial score (nSPS) is 20.8. The van der Waals surface area contributed by atoms with E-state index in [2.05, 4.69) is 10.1 Å². The minimum atomic E-state index is -3.58. The summed E-state index contributed by atoms with van der Waals surface area (Å²) in [5.41, 5.74) is -1.15. The first-order valence-electron chi connectivity index (χ1n) is 10.3. The fraction of sp³-hybridized carbons (Fsp3) is 0.450. The van der Waals surface area contributed by atoms with Crippen LogP contribution in [0.1, 0.15) is 27.0 Å². The van der Waals surface area contributed by atoms with Gasteiger partial charge < -0.3 is 18.7 Å². The van der Waals surface area contributed by atoms with Gasteiger partial charge in [0, 0.05) is 12.3 Å². The van der Waals surface area contributed by atoms with Crippen molar-refractivity contribution in [3.05, 3.63) is 63.4 Å². The SMILES string of the molecule is CC(C)OC(=O)[C@@H](C)NP(=N)(OC[C@H]1OCC(n2ccc(=O)[nH]c2=O)O1)Oc1ccccc1. The monoisotopic (exact) mass is 482 g/mol. The molecule has 13 heteroatoms. The van der Waals surface area contributed by atoms with E-state index >= 15 is 0 Å². The van der Waals surface area contributed by atoms with Crippen molar-refractivity contribution in [1.29, 1.82) is 5.16 Å². The number of nitrogens with one attached hydrogen (secondary N) is 3. The van der Waals surface area contributed by atoms with Gasteiger partial charge in [0.15, 0.2) is 12.5 Å². The number of aromatic amines is 1. The Morgan fingerprint density at radius 2 is 2.00 bits per heavy atom. The number of hydrogen-bond donors (Lipinski definition) is 3. The summed E-state index contributed by atoms with van der Waals surface area (Å²) in [6.45, 7) is 4.82. The summed E-state index contributed by atoms with van der Waals surface area (Å²) in [6, 6.07) is 8.92. The molecular weight excluding hydrogens is 455 g/mol. The van der Waals surface area contributed by atoms with Gasteiger partial charge in [0.1, 0.15) is 18.4 Å². The first-order valence-corrected chi connectivity index (χ1v) is 11.9. The molecule has 0 bridgehead atoms. The second-order valence-corrected chi connectivity index (χ2v) is 9.26. The summed E-state index contributed by atoms with van der Waals surface area (Å²) in [6.07, 6.45) is -0.686. The van der Waals surface area contributed by atoms with Crippen LogP contribution in [0.2, 0.25) is 0 Å². The molecule has 0 amide bonds. The maximum atomic E-state index is 12.2. The fourth-order valence-electron chi connectivity index (χ4n) is 2.86. The topological polar surface area (TPSA) is 154 Å². The summed E-state index contributed by atoms with van der Waals surface area (Å²) in [4.78, 5) is 37.6. The molecule has 3 rings (SSSR count). The lowest BCUT2D eigenvalue weighted by atomic mass is 10.3. The Balaban J connectivity index is 1.67. The molecule has 0 spiro atoms. The van der Waals surface area contributed by atoms with Crippen molar-refractivity contribution in [2.24, 2.45) is 0 Å². The predicted molar refractivity (Wildman–Crippen MR) is 118 cm³/mol. The van der Waals surface area contributed by atoms with Crippen LogP contribution >= 0.6 is 7.66 Å². The number of nitrogens with zero attached hydrogens (tertiary/aromatic N) is 1. The number of esters is 1. The van der Waals surface area contributed by atoms with Crippen LogP contribution in [0.25, 0.3) is 0 Å². The Bertz CT molecular complexity index is 1100. The van der Waals surface area contributed by atoms with E-state index in [0.717, 1.165) is 0 Å². The van der Waals surface area contributed by atoms with Crippen molar-refractivity contribution >= 4 is 13.6 Å². The molecule has 4 atom stereocenters. The van der Waals surface area contributed by atoms with Crippen LogP contribution in [0.15, 0.2) is 52.2 Å². The quantitative estimate of drug-likeness (QED) is 0.340. The number of rotatable bonds is 10. The van der Waals surface area contributed by atoms with Gasteiger partial charge in [-0.25, -0.2) is 15.0 Å². The molecule has 0 aliphatic carbocycles. The van der Waals surface area contributed by atoms with Crippen molar-refractivity contribution in [3.63, 3.8) is 0 Å². The molecule has 180 valence electrons. The minimum Gasteiger partial charge on any atom is -0.462 e. The number of para-hydroxylation sites is 1. The van der Waals surface area contributed by atoms with E-state index in [-0.39, 0.29) is 19.3 Å². The molecule has 1 fully saturated rings. The first kappa shape index (κ1) is 24.9. The molecule has 2 unspecified atom stereocenters. The standard InChI is InChI=1S/C20H27N4O8P/c1-13(2)30-19(26)14(3)23-33(21,32-15-7-5-4-6-8-15)29-12-18-28-11-17(31-18)24-10-9-16(25)22-20(24)27/h4-10,13-14,17-18H,11-12H2,1-3H3,(H2,21,23)(H,22,25,27)/t14-,17?,18+,33?/m1/s1. The molecule has 1 saturated heterocycles. The van der Waals surface area contributed by atoms with Crippen LogP contribution < -0.4 is 20.9 Å². The molecule has 1 aliphatic heterocycles. The van der Waals surface area contributed by atoms with Gasteiger partial charge in [0.2, 0.25) is 0 Å². The zero-order valence-electron chi connectivity index (χ0n) is 18.4. The Hall–Kier alpha value is -2.76. The van der Waals surface area contributed by atoms with E-state index in [1.807, 2.05) is 0 Å². The maximum absolute atomic E-state index is 12.2. The third-order valence-electron chi connectivity index (χ3n) is 4.33. The van der Waals surface area contributed by atoms with Gasteiger partial charge in [-0.2, -0.15) is 0 Å². The molecule has 1 aromatic carbocycles. The minimum absolute atomic E-state index is 0.0352. The molecule has 12 nitrogen and oxygen atoms in total. The predicted octanol–water partition coefficient (Wildman–Crippen LogP) is 1.96. The van der Waals surface area contributed by atoms with Crippen LogP contribution in [0.4, 0.5) is 0 Å². The molecule has 1 aromatic heterocycles. The molecule has 3 N–H and O–H groups in total. The van der Waals surface area contributed by atoms with Gasteiger partial charge >= 0.3 is 19.3 Å². The smallest absolute Gasteiger partial charge is 0.338 e. The summed E-state index contributed by atoms with van der Waals surface area (Å²) in [7, 11) is -3.58. The fourth-order valence-corrected chi connectivity index (χ4v) is 4.40. The van der Waals surface area contributed by atoms with Gasteiger partial charge in [-0.05, 0) is 32.9 Å². The van der Waals surface area contributed by atoms with Crippen LogP contribution in [0.5, 0.6) is 5.75 Å². The van der Waals surface area contributed by atoms with Crippen LogP contribution in [-0.4, -0.2) is 47.2 Å². The number of hydrogen-bond acceptors (Lipinski definition) is 9. The molecule has 0 radical (unpaired) electrons. The Kier molecular flexibility index (Phi) is 8.22. The Morgan fingerprint density at radius 1 is 1.27 bits per heavy atom. The summed E-state index contributed by atoms with van der Waals surface area (Å²) < 4.78 is 29.0. The maximum Gasteiger partial charge on any atom is 0.338 e. The lowest BCUT2D eigenvalue weighted by molar-refractivity contribution is -0.149. The first-order chi connectivity index (χ1) is 15.6. The number of H-pyrrole nitrogens is 1. The van der Waals surface area contributed by atoms with E-state index in [9.17, 15) is 14.4 Å². The number of ether oxygens (including phenoxy) is 3. The van der Waals surface area contributed by atoms with Crippen molar-refractivity contribution < 1.29 is 28.1 Å². The van der Waals surface area contributed by atoms with Crippen LogP contribution in [0, 0.1) is 5.16 Å². The molecule has 2 heterocycles. The molecule has 1 aliphatic rings. The molecule has 33 heavy (non-hydrogen) atoms. The highest BCUT2D eigenvalue weighted by Crippen LogP contribution is 2.46. The highest BCUT2D eigenvalue weighted by Gasteiger charge is 2.33. The van der Waals surface area contributed by atoms with Crippen molar-refractivity contribution in [2.75, 3.05) is 13.2 Å². The number of carbonyl (C=O) groups is 1. The average Bonchev–Trinajstić information content (AvgIpc) is 3.21. The Labute approximate surface area is 189 Å². The number of aromatic nitrogens is 2. The average molecular weight is 482 g/mol. The van der Waals surface area contributed by atoms with Crippen LogP contribution in [-0.2, 0) is 23.5 Å². The Morgan fingerprint density at radius 3 is 2.67 bits per heavy atom. The van der Waals surface area contributed by atoms with E-state index in [4.69, 9.17) is 28.4 Å². The third kappa shape index (κ3) is 7.11. The largest absolute Gasteiger partial charge is 0.462 e. The lowest BCUT2D eigenvalue weighted by Gasteiger charge is -2.27. The van der Waals surface area contributed by atoms with E-state index in [1.165, 1.54) is 16.8 Å². The van der Waals surface area contributed by atoms with Crippen LogP contribution in [0.3, 0.4) is 0 Å².